The third-order valence-corrected chi connectivity index (χ3v) is 6.04. The average Bonchev–Trinajstić information content (AvgIpc) is 3.20. The van der Waals surface area contributed by atoms with Crippen LogP contribution in [0.25, 0.3) is 0 Å². The first-order valence-corrected chi connectivity index (χ1v) is 9.11. The van der Waals surface area contributed by atoms with Crippen molar-refractivity contribution in [1.29, 1.82) is 0 Å². The third kappa shape index (κ3) is 2.86. The summed E-state index contributed by atoms with van der Waals surface area (Å²) in [5, 5.41) is 4.28. The van der Waals surface area contributed by atoms with E-state index in [9.17, 15) is 4.79 Å². The van der Waals surface area contributed by atoms with Crippen LogP contribution in [0.4, 0.5) is 0 Å². The number of carbonyl (C=O) groups is 1. The number of benzene rings is 1. The zero-order chi connectivity index (χ0) is 17.4. The van der Waals surface area contributed by atoms with Gasteiger partial charge >= 0.3 is 0 Å². The molecule has 2 aliphatic rings. The third-order valence-electron chi connectivity index (χ3n) is 6.04. The van der Waals surface area contributed by atoms with Crippen molar-refractivity contribution in [3.8, 4) is 0 Å². The summed E-state index contributed by atoms with van der Waals surface area (Å²) < 4.78 is 1.85. The number of carbonyl (C=O) groups excluding carboxylic acids is 1. The number of hydrogen-bond donors (Lipinski definition) is 0. The summed E-state index contributed by atoms with van der Waals surface area (Å²) in [7, 11) is 1.95. The second-order valence-electron chi connectivity index (χ2n) is 7.51. The van der Waals surface area contributed by atoms with Crippen LogP contribution in [0.2, 0.25) is 0 Å². The molecule has 5 nitrogen and oxygen atoms in total. The van der Waals surface area contributed by atoms with Crippen molar-refractivity contribution in [3.63, 3.8) is 0 Å². The van der Waals surface area contributed by atoms with E-state index in [0.29, 0.717) is 0 Å². The molecule has 5 heteroatoms. The minimum absolute atomic E-state index is 0.109. The van der Waals surface area contributed by atoms with Crippen LogP contribution in [0.1, 0.15) is 30.9 Å². The lowest BCUT2D eigenvalue weighted by Gasteiger charge is -2.46. The molecule has 132 valence electrons. The Kier molecular flexibility index (Phi) is 4.12. The van der Waals surface area contributed by atoms with Gasteiger partial charge in [0.05, 0.1) is 12.2 Å². The fourth-order valence-electron chi connectivity index (χ4n) is 4.78. The van der Waals surface area contributed by atoms with Gasteiger partial charge in [-0.05, 0) is 24.9 Å². The molecule has 0 unspecified atom stereocenters. The summed E-state index contributed by atoms with van der Waals surface area (Å²) in [6.07, 6.45) is 6.20. The van der Waals surface area contributed by atoms with Crippen LogP contribution in [0.15, 0.2) is 42.7 Å². The largest absolute Gasteiger partial charge is 0.338 e. The Balaban J connectivity index is 1.60. The van der Waals surface area contributed by atoms with E-state index < -0.39 is 0 Å². The maximum absolute atomic E-state index is 12.2. The average molecular weight is 338 g/mol. The normalized spacial score (nSPS) is 26.6. The van der Waals surface area contributed by atoms with Crippen LogP contribution < -0.4 is 0 Å². The van der Waals surface area contributed by atoms with Gasteiger partial charge in [0, 0.05) is 50.8 Å². The highest BCUT2D eigenvalue weighted by Crippen LogP contribution is 2.45. The quantitative estimate of drug-likeness (QED) is 0.861. The standard InChI is InChI=1S/C20H26N4O/c1-16(25)24-11-9-20(18-6-4-3-5-7-18)8-10-23(15-19(20)24)14-17-12-21-22(2)13-17/h3-7,12-13,19H,8-11,14-15H2,1-2H3/t19-,20-/m1/s1. The molecule has 0 N–H and O–H groups in total. The topological polar surface area (TPSA) is 41.4 Å². The molecule has 4 rings (SSSR count). The van der Waals surface area contributed by atoms with Gasteiger partial charge in [0.15, 0.2) is 0 Å². The monoisotopic (exact) mass is 338 g/mol. The van der Waals surface area contributed by atoms with E-state index >= 15 is 0 Å². The number of nitrogens with zero attached hydrogens (tertiary/aromatic N) is 4. The molecule has 25 heavy (non-hydrogen) atoms. The number of piperidine rings is 1. The molecule has 2 atom stereocenters. The number of aryl methyl sites for hydroxylation is 1. The SMILES string of the molecule is CC(=O)N1CC[C@@]2(c3ccccc3)CCN(Cc3cnn(C)c3)C[C@@H]12. The van der Waals surface area contributed by atoms with Crippen LogP contribution in [-0.4, -0.2) is 51.2 Å². The fraction of sp³-hybridized carbons (Fsp3) is 0.500. The van der Waals surface area contributed by atoms with E-state index in [-0.39, 0.29) is 17.4 Å². The summed E-state index contributed by atoms with van der Waals surface area (Å²) in [5.41, 5.74) is 2.74. The molecule has 0 aliphatic carbocycles. The molecule has 1 aromatic carbocycles. The smallest absolute Gasteiger partial charge is 0.219 e. The Morgan fingerprint density at radius 2 is 2.00 bits per heavy atom. The van der Waals surface area contributed by atoms with Gasteiger partial charge in [-0.2, -0.15) is 5.10 Å². The summed E-state index contributed by atoms with van der Waals surface area (Å²) in [6, 6.07) is 11.1. The Labute approximate surface area is 149 Å². The molecule has 2 saturated heterocycles. The van der Waals surface area contributed by atoms with Crippen molar-refractivity contribution in [1.82, 2.24) is 19.6 Å². The maximum atomic E-state index is 12.2. The van der Waals surface area contributed by atoms with Gasteiger partial charge in [0.25, 0.3) is 0 Å². The molecule has 2 aliphatic heterocycles. The second-order valence-corrected chi connectivity index (χ2v) is 7.51. The molecule has 0 bridgehead atoms. The second kappa shape index (κ2) is 6.30. The van der Waals surface area contributed by atoms with Crippen molar-refractivity contribution >= 4 is 5.91 Å². The highest BCUT2D eigenvalue weighted by Gasteiger charge is 2.51. The van der Waals surface area contributed by atoms with Crippen molar-refractivity contribution < 1.29 is 4.79 Å². The summed E-state index contributed by atoms with van der Waals surface area (Å²) in [6.45, 7) is 5.48. The van der Waals surface area contributed by atoms with E-state index in [4.69, 9.17) is 0 Å². The van der Waals surface area contributed by atoms with E-state index in [0.717, 1.165) is 39.0 Å². The summed E-state index contributed by atoms with van der Waals surface area (Å²) in [4.78, 5) is 16.8. The zero-order valence-electron chi connectivity index (χ0n) is 15.1. The molecule has 2 fully saturated rings. The predicted octanol–water partition coefficient (Wildman–Crippen LogP) is 2.18. The number of amides is 1. The Bertz CT molecular complexity index is 756. The zero-order valence-corrected chi connectivity index (χ0v) is 15.1. The van der Waals surface area contributed by atoms with E-state index in [1.165, 1.54) is 11.1 Å². The Morgan fingerprint density at radius 3 is 2.68 bits per heavy atom. The number of likely N-dealkylation sites (tertiary alicyclic amines) is 2. The van der Waals surface area contributed by atoms with E-state index in [1.54, 1.807) is 6.92 Å². The van der Waals surface area contributed by atoms with Gasteiger partial charge in [-0.25, -0.2) is 0 Å². The minimum atomic E-state index is 0.109. The predicted molar refractivity (Wildman–Crippen MR) is 97.0 cm³/mol. The van der Waals surface area contributed by atoms with Crippen molar-refractivity contribution in [2.24, 2.45) is 7.05 Å². The van der Waals surface area contributed by atoms with Crippen molar-refractivity contribution in [2.75, 3.05) is 19.6 Å². The summed E-state index contributed by atoms with van der Waals surface area (Å²) >= 11 is 0. The van der Waals surface area contributed by atoms with Crippen LogP contribution in [0.5, 0.6) is 0 Å². The maximum Gasteiger partial charge on any atom is 0.219 e. The number of rotatable bonds is 3. The first-order chi connectivity index (χ1) is 12.1. The molecule has 1 aromatic heterocycles. The molecule has 0 saturated carbocycles. The Morgan fingerprint density at radius 1 is 1.24 bits per heavy atom. The molecular weight excluding hydrogens is 312 g/mol. The molecular formula is C20H26N4O. The number of aromatic nitrogens is 2. The highest BCUT2D eigenvalue weighted by molar-refractivity contribution is 5.74. The van der Waals surface area contributed by atoms with Gasteiger partial charge < -0.3 is 4.90 Å². The first-order valence-electron chi connectivity index (χ1n) is 9.11. The van der Waals surface area contributed by atoms with Crippen LogP contribution >= 0.6 is 0 Å². The van der Waals surface area contributed by atoms with Gasteiger partial charge in [-0.1, -0.05) is 30.3 Å². The highest BCUT2D eigenvalue weighted by atomic mass is 16.2. The van der Waals surface area contributed by atoms with Gasteiger partial charge in [0.1, 0.15) is 0 Å². The molecule has 0 spiro atoms. The molecule has 0 radical (unpaired) electrons. The Hall–Kier alpha value is -2.14. The van der Waals surface area contributed by atoms with Crippen LogP contribution in [0.3, 0.4) is 0 Å². The lowest BCUT2D eigenvalue weighted by molar-refractivity contribution is -0.131. The molecule has 2 aromatic rings. The molecule has 3 heterocycles. The van der Waals surface area contributed by atoms with Crippen molar-refractivity contribution in [3.05, 3.63) is 53.9 Å². The minimum Gasteiger partial charge on any atom is -0.338 e. The van der Waals surface area contributed by atoms with Crippen molar-refractivity contribution in [2.45, 2.75) is 37.8 Å². The first kappa shape index (κ1) is 16.3. The van der Waals surface area contributed by atoms with Crippen LogP contribution in [-0.2, 0) is 23.8 Å². The fourth-order valence-corrected chi connectivity index (χ4v) is 4.78. The lowest BCUT2D eigenvalue weighted by Crippen LogP contribution is -2.56. The van der Waals surface area contributed by atoms with Gasteiger partial charge in [-0.3, -0.25) is 14.4 Å². The van der Waals surface area contributed by atoms with Gasteiger partial charge in [0.2, 0.25) is 5.91 Å². The molecule has 1 amide bonds. The van der Waals surface area contributed by atoms with E-state index in [2.05, 4.69) is 51.4 Å². The lowest BCUT2D eigenvalue weighted by atomic mass is 9.69. The van der Waals surface area contributed by atoms with Gasteiger partial charge in [-0.15, -0.1) is 0 Å². The van der Waals surface area contributed by atoms with Crippen LogP contribution in [0, 0.1) is 0 Å². The number of fused-ring (bicyclic) bond motifs is 1. The van der Waals surface area contributed by atoms with E-state index in [1.807, 2.05) is 17.9 Å². The summed E-state index contributed by atoms with van der Waals surface area (Å²) in [5.74, 6) is 0.200. The number of hydrogen-bond acceptors (Lipinski definition) is 3.